The van der Waals surface area contributed by atoms with Crippen LogP contribution in [0.1, 0.15) is 40.5 Å². The van der Waals surface area contributed by atoms with Gasteiger partial charge < -0.3 is 10.2 Å². The molecule has 0 aromatic heterocycles. The van der Waals surface area contributed by atoms with Crippen LogP contribution in [-0.2, 0) is 0 Å². The van der Waals surface area contributed by atoms with Crippen molar-refractivity contribution in [2.45, 2.75) is 52.7 Å². The molecule has 0 bridgehead atoms. The van der Waals surface area contributed by atoms with Crippen molar-refractivity contribution in [2.75, 3.05) is 0 Å². The third-order valence-corrected chi connectivity index (χ3v) is 2.53. The first kappa shape index (κ1) is 13.7. The zero-order chi connectivity index (χ0) is 11.3. The monoisotopic (exact) mass is 200 g/mol. The van der Waals surface area contributed by atoms with Crippen molar-refractivity contribution in [2.24, 2.45) is 11.8 Å². The van der Waals surface area contributed by atoms with Crippen LogP contribution < -0.4 is 0 Å². The second-order valence-electron chi connectivity index (χ2n) is 4.78. The molecule has 0 saturated heterocycles. The molecule has 0 aliphatic heterocycles. The van der Waals surface area contributed by atoms with E-state index in [2.05, 4.69) is 6.58 Å². The Morgan fingerprint density at radius 2 is 1.21 bits per heavy atom. The predicted octanol–water partition coefficient (Wildman–Crippen LogP) is 2.36. The van der Waals surface area contributed by atoms with Crippen molar-refractivity contribution < 1.29 is 10.2 Å². The lowest BCUT2D eigenvalue weighted by atomic mass is 9.94. The molecule has 0 rings (SSSR count). The molecule has 2 N–H and O–H groups in total. The highest BCUT2D eigenvalue weighted by molar-refractivity contribution is 4.98. The maximum absolute atomic E-state index is 9.61. The average molecular weight is 200 g/mol. The fraction of sp³-hybridized carbons (Fsp3) is 0.833. The van der Waals surface area contributed by atoms with Crippen LogP contribution >= 0.6 is 0 Å². The quantitative estimate of drug-likeness (QED) is 0.646. The highest BCUT2D eigenvalue weighted by atomic mass is 16.3. The molecular weight excluding hydrogens is 176 g/mol. The number of rotatable bonds is 6. The Morgan fingerprint density at radius 1 is 0.929 bits per heavy atom. The minimum Gasteiger partial charge on any atom is -0.393 e. The first-order valence-corrected chi connectivity index (χ1v) is 5.37. The van der Waals surface area contributed by atoms with E-state index in [0.29, 0.717) is 12.8 Å². The summed E-state index contributed by atoms with van der Waals surface area (Å²) in [4.78, 5) is 0. The van der Waals surface area contributed by atoms with Gasteiger partial charge in [0.05, 0.1) is 12.2 Å². The summed E-state index contributed by atoms with van der Waals surface area (Å²) in [5.74, 6) is 0.505. The van der Waals surface area contributed by atoms with Gasteiger partial charge in [-0.15, -0.1) is 0 Å². The average Bonchev–Trinajstić information content (AvgIpc) is 2.03. The fourth-order valence-corrected chi connectivity index (χ4v) is 1.15. The summed E-state index contributed by atoms with van der Waals surface area (Å²) in [6, 6.07) is 0. The van der Waals surface area contributed by atoms with Gasteiger partial charge in [0.2, 0.25) is 0 Å². The van der Waals surface area contributed by atoms with Crippen LogP contribution in [0.4, 0.5) is 0 Å². The Hall–Kier alpha value is -0.340. The second kappa shape index (κ2) is 6.20. The van der Waals surface area contributed by atoms with E-state index in [9.17, 15) is 10.2 Å². The van der Waals surface area contributed by atoms with Gasteiger partial charge in [0, 0.05) is 0 Å². The van der Waals surface area contributed by atoms with Crippen LogP contribution in [0.3, 0.4) is 0 Å². The van der Waals surface area contributed by atoms with E-state index in [1.807, 2.05) is 27.7 Å². The molecule has 2 atom stereocenters. The van der Waals surface area contributed by atoms with Crippen molar-refractivity contribution in [1.29, 1.82) is 0 Å². The molecule has 0 fully saturated rings. The third kappa shape index (κ3) is 5.40. The van der Waals surface area contributed by atoms with Crippen molar-refractivity contribution >= 4 is 0 Å². The predicted molar refractivity (Wildman–Crippen MR) is 60.1 cm³/mol. The second-order valence-corrected chi connectivity index (χ2v) is 4.78. The van der Waals surface area contributed by atoms with Crippen molar-refractivity contribution in [3.8, 4) is 0 Å². The van der Waals surface area contributed by atoms with E-state index < -0.39 is 0 Å². The minimum atomic E-state index is -0.332. The highest BCUT2D eigenvalue weighted by Gasteiger charge is 2.15. The van der Waals surface area contributed by atoms with Crippen LogP contribution in [-0.4, -0.2) is 22.4 Å². The molecule has 14 heavy (non-hydrogen) atoms. The number of aliphatic hydroxyl groups excluding tert-OH is 2. The molecule has 0 heterocycles. The molecule has 2 heteroatoms. The maximum atomic E-state index is 9.61. The van der Waals surface area contributed by atoms with Gasteiger partial charge in [-0.1, -0.05) is 39.8 Å². The Balaban J connectivity index is 3.87. The van der Waals surface area contributed by atoms with Crippen LogP contribution in [0, 0.1) is 11.8 Å². The van der Waals surface area contributed by atoms with E-state index in [1.165, 1.54) is 0 Å². The Labute approximate surface area is 87.7 Å². The number of hydrogen-bond donors (Lipinski definition) is 2. The Kier molecular flexibility index (Phi) is 6.05. The lowest BCUT2D eigenvalue weighted by Gasteiger charge is -2.19. The molecule has 0 aliphatic carbocycles. The van der Waals surface area contributed by atoms with Gasteiger partial charge in [-0.3, -0.25) is 0 Å². The van der Waals surface area contributed by atoms with Gasteiger partial charge in [-0.05, 0) is 24.7 Å². The van der Waals surface area contributed by atoms with E-state index in [0.717, 1.165) is 5.57 Å². The van der Waals surface area contributed by atoms with Crippen molar-refractivity contribution in [1.82, 2.24) is 0 Å². The number of aliphatic hydroxyl groups is 2. The standard InChI is InChI=1S/C12H24O2/c1-8(2)11(13)6-10(5)7-12(14)9(3)4/h8-9,11-14H,5-7H2,1-4H3/t11-,12-/m0/s1. The number of hydrogen-bond acceptors (Lipinski definition) is 2. The molecule has 0 aromatic carbocycles. The summed E-state index contributed by atoms with van der Waals surface area (Å²) in [6.45, 7) is 11.8. The Bertz CT molecular complexity index is 155. The van der Waals surface area contributed by atoms with Gasteiger partial charge in [-0.2, -0.15) is 0 Å². The third-order valence-electron chi connectivity index (χ3n) is 2.53. The molecule has 0 radical (unpaired) electrons. The van der Waals surface area contributed by atoms with Gasteiger partial charge in [0.1, 0.15) is 0 Å². The van der Waals surface area contributed by atoms with Gasteiger partial charge in [0.25, 0.3) is 0 Å². The van der Waals surface area contributed by atoms with Crippen molar-refractivity contribution in [3.63, 3.8) is 0 Å². The normalized spacial score (nSPS) is 16.0. The van der Waals surface area contributed by atoms with Crippen LogP contribution in [0.15, 0.2) is 12.2 Å². The SMILES string of the molecule is C=C(C[C@H](O)C(C)C)C[C@H](O)C(C)C. The lowest BCUT2D eigenvalue weighted by Crippen LogP contribution is -2.19. The lowest BCUT2D eigenvalue weighted by molar-refractivity contribution is 0.107. The minimum absolute atomic E-state index is 0.253. The summed E-state index contributed by atoms with van der Waals surface area (Å²) in [5.41, 5.74) is 0.937. The largest absolute Gasteiger partial charge is 0.393 e. The molecule has 0 unspecified atom stereocenters. The summed E-state index contributed by atoms with van der Waals surface area (Å²) in [7, 11) is 0. The molecule has 2 nitrogen and oxygen atoms in total. The first-order valence-electron chi connectivity index (χ1n) is 5.37. The molecule has 0 aromatic rings. The maximum Gasteiger partial charge on any atom is 0.0600 e. The van der Waals surface area contributed by atoms with Crippen LogP contribution in [0.5, 0.6) is 0 Å². The summed E-state index contributed by atoms with van der Waals surface area (Å²) >= 11 is 0. The van der Waals surface area contributed by atoms with E-state index in [4.69, 9.17) is 0 Å². The highest BCUT2D eigenvalue weighted by Crippen LogP contribution is 2.18. The topological polar surface area (TPSA) is 40.5 Å². The fourth-order valence-electron chi connectivity index (χ4n) is 1.15. The summed E-state index contributed by atoms with van der Waals surface area (Å²) in [5, 5.41) is 19.2. The molecular formula is C12H24O2. The summed E-state index contributed by atoms with van der Waals surface area (Å²) in [6.07, 6.45) is 0.534. The molecule has 0 amide bonds. The van der Waals surface area contributed by atoms with E-state index >= 15 is 0 Å². The van der Waals surface area contributed by atoms with Crippen molar-refractivity contribution in [3.05, 3.63) is 12.2 Å². The molecule has 0 aliphatic rings. The Morgan fingerprint density at radius 3 is 1.43 bits per heavy atom. The van der Waals surface area contributed by atoms with Crippen LogP contribution in [0.2, 0.25) is 0 Å². The van der Waals surface area contributed by atoms with E-state index in [-0.39, 0.29) is 24.0 Å². The molecule has 0 saturated carbocycles. The van der Waals surface area contributed by atoms with Gasteiger partial charge >= 0.3 is 0 Å². The zero-order valence-electron chi connectivity index (χ0n) is 9.83. The zero-order valence-corrected chi connectivity index (χ0v) is 9.83. The van der Waals surface area contributed by atoms with E-state index in [1.54, 1.807) is 0 Å². The van der Waals surface area contributed by atoms with Gasteiger partial charge in [-0.25, -0.2) is 0 Å². The summed E-state index contributed by atoms with van der Waals surface area (Å²) < 4.78 is 0. The smallest absolute Gasteiger partial charge is 0.0600 e. The molecule has 84 valence electrons. The first-order chi connectivity index (χ1) is 6.34. The van der Waals surface area contributed by atoms with Crippen LogP contribution in [0.25, 0.3) is 0 Å². The molecule has 0 spiro atoms. The van der Waals surface area contributed by atoms with Gasteiger partial charge in [0.15, 0.2) is 0 Å².